The number of nitrogens with one attached hydrogen (secondary N) is 2. The van der Waals surface area contributed by atoms with Gasteiger partial charge in [0.1, 0.15) is 5.56 Å². The first kappa shape index (κ1) is 18.9. The molecule has 1 heterocycles. The van der Waals surface area contributed by atoms with Crippen molar-refractivity contribution in [2.24, 2.45) is 0 Å². The van der Waals surface area contributed by atoms with E-state index in [-0.39, 0.29) is 12.0 Å². The van der Waals surface area contributed by atoms with Gasteiger partial charge in [0.25, 0.3) is 11.5 Å². The number of hydrogen-bond acceptors (Lipinski definition) is 3. The maximum Gasteiger partial charge on any atom is 0.334 e. The third-order valence-corrected chi connectivity index (χ3v) is 5.32. The fourth-order valence-corrected chi connectivity index (χ4v) is 3.70. The largest absolute Gasteiger partial charge is 0.479 e. The van der Waals surface area contributed by atoms with E-state index in [0.29, 0.717) is 5.56 Å². The lowest BCUT2D eigenvalue weighted by Crippen LogP contribution is -2.52. The van der Waals surface area contributed by atoms with Crippen molar-refractivity contribution in [2.75, 3.05) is 0 Å². The summed E-state index contributed by atoms with van der Waals surface area (Å²) >= 11 is 0. The molecule has 0 bridgehead atoms. The Hall–Kier alpha value is -2.89. The van der Waals surface area contributed by atoms with Crippen LogP contribution in [0, 0.1) is 0 Å². The van der Waals surface area contributed by atoms with Crippen molar-refractivity contribution in [3.63, 3.8) is 0 Å². The average molecular weight is 368 g/mol. The minimum atomic E-state index is -1.59. The van der Waals surface area contributed by atoms with E-state index in [1.165, 1.54) is 0 Å². The molecule has 1 unspecified atom stereocenters. The Morgan fingerprint density at radius 3 is 2.52 bits per heavy atom. The zero-order valence-electron chi connectivity index (χ0n) is 15.4. The van der Waals surface area contributed by atoms with Gasteiger partial charge in [-0.1, -0.05) is 43.7 Å². The van der Waals surface area contributed by atoms with Crippen LogP contribution in [0.4, 0.5) is 0 Å². The smallest absolute Gasteiger partial charge is 0.334 e. The van der Waals surface area contributed by atoms with Crippen molar-refractivity contribution in [2.45, 2.75) is 51.0 Å². The first-order chi connectivity index (χ1) is 13.0. The molecule has 2 aromatic rings. The van der Waals surface area contributed by atoms with Crippen LogP contribution in [-0.2, 0) is 23.2 Å². The van der Waals surface area contributed by atoms with E-state index in [1.54, 1.807) is 43.3 Å². The summed E-state index contributed by atoms with van der Waals surface area (Å²) < 4.78 is 0. The quantitative estimate of drug-likeness (QED) is 0.707. The lowest BCUT2D eigenvalue weighted by Gasteiger charge is -2.30. The second-order valence-electron chi connectivity index (χ2n) is 6.96. The van der Waals surface area contributed by atoms with Crippen LogP contribution in [0.3, 0.4) is 0 Å². The summed E-state index contributed by atoms with van der Waals surface area (Å²) in [6, 6.07) is 10.2. The molecule has 1 atom stereocenters. The number of rotatable bonds is 5. The van der Waals surface area contributed by atoms with Crippen molar-refractivity contribution < 1.29 is 14.7 Å². The standard InChI is InChI=1S/C21H24N2O4/c1-2-21(20(26)27,15-10-6-4-7-11-15)23-19(25)16-13-14-9-5-3-8-12-17(14)22-18(16)24/h4,6-7,10-11,13H,2-3,5,8-9,12H2,1H3,(H,22,24)(H,23,25)(H,26,27). The van der Waals surface area contributed by atoms with Gasteiger partial charge in [0.15, 0.2) is 5.54 Å². The SMILES string of the molecule is CCC(NC(=O)c1cc2c([nH]c1=O)CCCCC2)(C(=O)O)c1ccccc1. The maximum absolute atomic E-state index is 12.9. The summed E-state index contributed by atoms with van der Waals surface area (Å²) in [4.78, 5) is 40.3. The van der Waals surface area contributed by atoms with Gasteiger partial charge in [-0.05, 0) is 49.3 Å². The Morgan fingerprint density at radius 2 is 1.85 bits per heavy atom. The van der Waals surface area contributed by atoms with E-state index in [4.69, 9.17) is 0 Å². The number of carbonyl (C=O) groups is 2. The highest BCUT2D eigenvalue weighted by atomic mass is 16.4. The maximum atomic E-state index is 12.9. The number of H-pyrrole nitrogens is 1. The Labute approximate surface area is 157 Å². The number of pyridine rings is 1. The molecule has 0 saturated heterocycles. The number of aryl methyl sites for hydroxylation is 2. The number of carbonyl (C=O) groups excluding carboxylic acids is 1. The molecule has 0 fully saturated rings. The van der Waals surface area contributed by atoms with Crippen molar-refractivity contribution in [1.82, 2.24) is 10.3 Å². The predicted molar refractivity (Wildman–Crippen MR) is 102 cm³/mol. The number of amides is 1. The number of carboxylic acids is 1. The molecule has 1 aliphatic carbocycles. The second-order valence-corrected chi connectivity index (χ2v) is 6.96. The van der Waals surface area contributed by atoms with Crippen LogP contribution < -0.4 is 10.9 Å². The molecule has 1 aromatic heterocycles. The van der Waals surface area contributed by atoms with Gasteiger partial charge in [-0.2, -0.15) is 0 Å². The monoisotopic (exact) mass is 368 g/mol. The average Bonchev–Trinajstić information content (AvgIpc) is 2.90. The van der Waals surface area contributed by atoms with E-state index in [2.05, 4.69) is 10.3 Å². The van der Waals surface area contributed by atoms with Crippen molar-refractivity contribution >= 4 is 11.9 Å². The van der Waals surface area contributed by atoms with Gasteiger partial charge in [-0.3, -0.25) is 9.59 Å². The molecular formula is C21H24N2O4. The molecule has 142 valence electrons. The third kappa shape index (κ3) is 3.65. The Kier molecular flexibility index (Phi) is 5.44. The summed E-state index contributed by atoms with van der Waals surface area (Å²) in [5, 5.41) is 12.5. The van der Waals surface area contributed by atoms with Gasteiger partial charge in [0, 0.05) is 5.69 Å². The lowest BCUT2D eigenvalue weighted by atomic mass is 9.87. The Balaban J connectivity index is 1.99. The summed E-state index contributed by atoms with van der Waals surface area (Å²) in [5.41, 5.74) is 0.227. The molecule has 0 spiro atoms. The molecular weight excluding hydrogens is 344 g/mol. The van der Waals surface area contributed by atoms with E-state index in [1.807, 2.05) is 0 Å². The van der Waals surface area contributed by atoms with E-state index in [0.717, 1.165) is 43.4 Å². The predicted octanol–water partition coefficient (Wildman–Crippen LogP) is 2.76. The highest BCUT2D eigenvalue weighted by Gasteiger charge is 2.40. The minimum absolute atomic E-state index is 0.0364. The molecule has 6 nitrogen and oxygen atoms in total. The first-order valence-corrected chi connectivity index (χ1v) is 9.34. The van der Waals surface area contributed by atoms with Crippen molar-refractivity contribution in [3.05, 3.63) is 69.1 Å². The van der Waals surface area contributed by atoms with Gasteiger partial charge >= 0.3 is 5.97 Å². The highest BCUT2D eigenvalue weighted by molar-refractivity contribution is 5.98. The summed E-state index contributed by atoms with van der Waals surface area (Å²) in [7, 11) is 0. The molecule has 0 aliphatic heterocycles. The Bertz CT molecular complexity index is 904. The molecule has 3 N–H and O–H groups in total. The highest BCUT2D eigenvalue weighted by Crippen LogP contribution is 2.26. The minimum Gasteiger partial charge on any atom is -0.479 e. The number of aromatic amines is 1. The third-order valence-electron chi connectivity index (χ3n) is 5.32. The van der Waals surface area contributed by atoms with Crippen LogP contribution in [-0.4, -0.2) is 22.0 Å². The van der Waals surface area contributed by atoms with Gasteiger partial charge in [0.2, 0.25) is 0 Å². The molecule has 27 heavy (non-hydrogen) atoms. The number of fused-ring (bicyclic) bond motifs is 1. The van der Waals surface area contributed by atoms with Crippen LogP contribution >= 0.6 is 0 Å². The fourth-order valence-electron chi connectivity index (χ4n) is 3.70. The topological polar surface area (TPSA) is 99.3 Å². The van der Waals surface area contributed by atoms with Crippen LogP contribution in [0.1, 0.15) is 59.8 Å². The first-order valence-electron chi connectivity index (χ1n) is 9.34. The zero-order chi connectivity index (χ0) is 19.4. The number of hydrogen-bond donors (Lipinski definition) is 3. The van der Waals surface area contributed by atoms with Crippen LogP contribution in [0.5, 0.6) is 0 Å². The Morgan fingerprint density at radius 1 is 1.15 bits per heavy atom. The van der Waals surface area contributed by atoms with Gasteiger partial charge < -0.3 is 15.4 Å². The molecule has 1 aliphatic rings. The number of aliphatic carboxylic acids is 1. The van der Waals surface area contributed by atoms with Gasteiger partial charge in [-0.25, -0.2) is 4.79 Å². The summed E-state index contributed by atoms with van der Waals surface area (Å²) in [6.45, 7) is 1.70. The molecule has 1 aromatic carbocycles. The normalized spacial score (nSPS) is 15.9. The molecule has 6 heteroatoms. The van der Waals surface area contributed by atoms with Crippen LogP contribution in [0.15, 0.2) is 41.2 Å². The van der Waals surface area contributed by atoms with Gasteiger partial charge in [-0.15, -0.1) is 0 Å². The number of benzene rings is 1. The second kappa shape index (κ2) is 7.78. The van der Waals surface area contributed by atoms with Crippen molar-refractivity contribution in [3.8, 4) is 0 Å². The molecule has 3 rings (SSSR count). The van der Waals surface area contributed by atoms with E-state index < -0.39 is 23.0 Å². The molecule has 0 saturated carbocycles. The van der Waals surface area contributed by atoms with Crippen LogP contribution in [0.2, 0.25) is 0 Å². The van der Waals surface area contributed by atoms with E-state index in [9.17, 15) is 19.5 Å². The molecule has 1 amide bonds. The summed E-state index contributed by atoms with van der Waals surface area (Å²) in [5.74, 6) is -1.83. The fraction of sp³-hybridized carbons (Fsp3) is 0.381. The molecule has 0 radical (unpaired) electrons. The van der Waals surface area contributed by atoms with Crippen LogP contribution in [0.25, 0.3) is 0 Å². The number of aromatic nitrogens is 1. The lowest BCUT2D eigenvalue weighted by molar-refractivity contribution is -0.145. The zero-order valence-corrected chi connectivity index (χ0v) is 15.4. The van der Waals surface area contributed by atoms with E-state index >= 15 is 0 Å². The van der Waals surface area contributed by atoms with Gasteiger partial charge in [0.05, 0.1) is 0 Å². The summed E-state index contributed by atoms with van der Waals surface area (Å²) in [6.07, 6.45) is 4.87. The number of carboxylic acid groups (broad SMARTS) is 1. The van der Waals surface area contributed by atoms with Crippen molar-refractivity contribution in [1.29, 1.82) is 0 Å².